The Bertz CT molecular complexity index is 910. The van der Waals surface area contributed by atoms with Gasteiger partial charge in [0.2, 0.25) is 5.82 Å². The fourth-order valence-electron chi connectivity index (χ4n) is 2.36. The molecule has 6 heteroatoms. The van der Waals surface area contributed by atoms with E-state index in [0.717, 1.165) is 16.5 Å². The summed E-state index contributed by atoms with van der Waals surface area (Å²) in [5, 5.41) is 5.06. The van der Waals surface area contributed by atoms with E-state index in [-0.39, 0.29) is 0 Å². The first-order valence-corrected chi connectivity index (χ1v) is 6.47. The van der Waals surface area contributed by atoms with Gasteiger partial charge in [-0.1, -0.05) is 23.4 Å². The van der Waals surface area contributed by atoms with Gasteiger partial charge in [0.1, 0.15) is 5.69 Å². The molecule has 3 aromatic heterocycles. The smallest absolute Gasteiger partial charge is 0.260 e. The molecule has 0 bridgehead atoms. The second kappa shape index (κ2) is 4.52. The standard InChI is InChI=1S/C15H11N5O/c1-20-9-11(10-4-2-3-5-13(10)20)15-18-14(19-21-15)12-8-16-6-7-17-12/h2-9H,1H3. The number of para-hydroxylation sites is 1. The van der Waals surface area contributed by atoms with E-state index in [1.807, 2.05) is 36.0 Å². The van der Waals surface area contributed by atoms with Crippen molar-refractivity contribution < 1.29 is 4.52 Å². The monoisotopic (exact) mass is 277 g/mol. The number of hydrogen-bond acceptors (Lipinski definition) is 5. The third kappa shape index (κ3) is 1.88. The number of fused-ring (bicyclic) bond motifs is 1. The van der Waals surface area contributed by atoms with E-state index in [0.29, 0.717) is 17.4 Å². The van der Waals surface area contributed by atoms with E-state index >= 15 is 0 Å². The Hall–Kier alpha value is -3.02. The highest BCUT2D eigenvalue weighted by Gasteiger charge is 2.16. The fourth-order valence-corrected chi connectivity index (χ4v) is 2.36. The van der Waals surface area contributed by atoms with Crippen molar-refractivity contribution in [2.45, 2.75) is 0 Å². The average Bonchev–Trinajstić information content (AvgIpc) is 3.14. The number of rotatable bonds is 2. The lowest BCUT2D eigenvalue weighted by molar-refractivity contribution is 0.432. The van der Waals surface area contributed by atoms with Crippen LogP contribution in [0.25, 0.3) is 33.9 Å². The summed E-state index contributed by atoms with van der Waals surface area (Å²) in [5.41, 5.74) is 2.62. The summed E-state index contributed by atoms with van der Waals surface area (Å²) in [7, 11) is 1.99. The van der Waals surface area contributed by atoms with Crippen molar-refractivity contribution in [1.82, 2.24) is 24.7 Å². The van der Waals surface area contributed by atoms with Crippen LogP contribution >= 0.6 is 0 Å². The molecule has 0 N–H and O–H groups in total. The van der Waals surface area contributed by atoms with Gasteiger partial charge in [0.15, 0.2) is 0 Å². The van der Waals surface area contributed by atoms with Crippen molar-refractivity contribution in [3.8, 4) is 23.0 Å². The SMILES string of the molecule is Cn1cc(-c2nc(-c3cnccn3)no2)c2ccccc21. The minimum atomic E-state index is 0.436. The van der Waals surface area contributed by atoms with Gasteiger partial charge in [0, 0.05) is 36.5 Å². The molecular formula is C15H11N5O. The van der Waals surface area contributed by atoms with Gasteiger partial charge in [0.25, 0.3) is 5.89 Å². The van der Waals surface area contributed by atoms with Crippen LogP contribution in [0, 0.1) is 0 Å². The van der Waals surface area contributed by atoms with E-state index in [1.165, 1.54) is 0 Å². The quantitative estimate of drug-likeness (QED) is 0.563. The molecule has 0 radical (unpaired) electrons. The predicted molar refractivity (Wildman–Crippen MR) is 77.2 cm³/mol. The second-order valence-corrected chi connectivity index (χ2v) is 4.68. The maximum absolute atomic E-state index is 5.38. The number of aryl methyl sites for hydroxylation is 1. The Labute approximate surface area is 120 Å². The van der Waals surface area contributed by atoms with Crippen LogP contribution in [0.3, 0.4) is 0 Å². The van der Waals surface area contributed by atoms with Crippen LogP contribution in [0.15, 0.2) is 53.6 Å². The maximum atomic E-state index is 5.38. The van der Waals surface area contributed by atoms with Crippen molar-refractivity contribution in [3.63, 3.8) is 0 Å². The van der Waals surface area contributed by atoms with Gasteiger partial charge in [0.05, 0.1) is 11.8 Å². The van der Waals surface area contributed by atoms with Crippen molar-refractivity contribution in [1.29, 1.82) is 0 Å². The lowest BCUT2D eigenvalue weighted by Crippen LogP contribution is -1.86. The normalized spacial score (nSPS) is 11.1. The molecule has 0 fully saturated rings. The molecule has 4 rings (SSSR count). The highest BCUT2D eigenvalue weighted by atomic mass is 16.5. The highest BCUT2D eigenvalue weighted by Crippen LogP contribution is 2.29. The number of aromatic nitrogens is 5. The van der Waals surface area contributed by atoms with Gasteiger partial charge >= 0.3 is 0 Å². The summed E-state index contributed by atoms with van der Waals surface area (Å²) < 4.78 is 7.42. The van der Waals surface area contributed by atoms with Crippen LogP contribution in [0.5, 0.6) is 0 Å². The Morgan fingerprint density at radius 2 is 2.05 bits per heavy atom. The molecule has 1 aromatic carbocycles. The molecule has 21 heavy (non-hydrogen) atoms. The van der Waals surface area contributed by atoms with Crippen LogP contribution in [-0.4, -0.2) is 24.7 Å². The van der Waals surface area contributed by atoms with Gasteiger partial charge in [-0.05, 0) is 6.07 Å². The minimum absolute atomic E-state index is 0.436. The van der Waals surface area contributed by atoms with Crippen molar-refractivity contribution in [2.24, 2.45) is 7.05 Å². The first-order chi connectivity index (χ1) is 10.3. The van der Waals surface area contributed by atoms with Crippen LogP contribution in [0.1, 0.15) is 0 Å². The molecule has 0 atom stereocenters. The summed E-state index contributed by atoms with van der Waals surface area (Å²) in [6, 6.07) is 8.09. The number of hydrogen-bond donors (Lipinski definition) is 0. The zero-order valence-corrected chi connectivity index (χ0v) is 11.3. The molecule has 0 spiro atoms. The van der Waals surface area contributed by atoms with E-state index in [1.54, 1.807) is 18.6 Å². The summed E-state index contributed by atoms with van der Waals surface area (Å²) in [5.74, 6) is 0.915. The lowest BCUT2D eigenvalue weighted by Gasteiger charge is -1.93. The zero-order valence-electron chi connectivity index (χ0n) is 11.3. The number of nitrogens with zero attached hydrogens (tertiary/aromatic N) is 5. The molecule has 6 nitrogen and oxygen atoms in total. The molecule has 4 aromatic rings. The molecule has 0 aliphatic heterocycles. The Balaban J connectivity index is 1.85. The molecule has 3 heterocycles. The first-order valence-electron chi connectivity index (χ1n) is 6.47. The van der Waals surface area contributed by atoms with Crippen LogP contribution < -0.4 is 0 Å². The molecule has 0 aliphatic rings. The zero-order chi connectivity index (χ0) is 14.2. The van der Waals surface area contributed by atoms with Crippen LogP contribution in [0.4, 0.5) is 0 Å². The molecule has 0 aliphatic carbocycles. The van der Waals surface area contributed by atoms with Crippen LogP contribution in [-0.2, 0) is 7.05 Å². The molecule has 0 amide bonds. The summed E-state index contributed by atoms with van der Waals surface area (Å²) in [6.45, 7) is 0. The number of benzene rings is 1. The van der Waals surface area contributed by atoms with E-state index in [9.17, 15) is 0 Å². The van der Waals surface area contributed by atoms with E-state index in [2.05, 4.69) is 26.2 Å². The Kier molecular flexibility index (Phi) is 2.53. The second-order valence-electron chi connectivity index (χ2n) is 4.68. The molecule has 0 unspecified atom stereocenters. The molecular weight excluding hydrogens is 266 g/mol. The molecule has 102 valence electrons. The van der Waals surface area contributed by atoms with E-state index < -0.39 is 0 Å². The van der Waals surface area contributed by atoms with Gasteiger partial charge in [-0.3, -0.25) is 4.98 Å². The predicted octanol–water partition coefficient (Wildman–Crippen LogP) is 2.69. The summed E-state index contributed by atoms with van der Waals surface area (Å²) >= 11 is 0. The molecule has 0 saturated carbocycles. The largest absolute Gasteiger partial charge is 0.350 e. The van der Waals surface area contributed by atoms with Crippen molar-refractivity contribution in [2.75, 3.05) is 0 Å². The van der Waals surface area contributed by atoms with Gasteiger partial charge in [-0.25, -0.2) is 4.98 Å². The van der Waals surface area contributed by atoms with Gasteiger partial charge in [-0.15, -0.1) is 0 Å². The summed E-state index contributed by atoms with van der Waals surface area (Å²) in [6.07, 6.45) is 6.80. The first kappa shape index (κ1) is 11.8. The van der Waals surface area contributed by atoms with Gasteiger partial charge in [-0.2, -0.15) is 4.98 Å². The average molecular weight is 277 g/mol. The third-order valence-corrected chi connectivity index (χ3v) is 3.35. The van der Waals surface area contributed by atoms with E-state index in [4.69, 9.17) is 4.52 Å². The fraction of sp³-hybridized carbons (Fsp3) is 0.0667. The lowest BCUT2D eigenvalue weighted by atomic mass is 10.2. The maximum Gasteiger partial charge on any atom is 0.260 e. The topological polar surface area (TPSA) is 69.6 Å². The molecule has 0 saturated heterocycles. The van der Waals surface area contributed by atoms with Gasteiger partial charge < -0.3 is 9.09 Å². The Morgan fingerprint density at radius 3 is 2.90 bits per heavy atom. The van der Waals surface area contributed by atoms with Crippen LogP contribution in [0.2, 0.25) is 0 Å². The minimum Gasteiger partial charge on any atom is -0.350 e. The highest BCUT2D eigenvalue weighted by molar-refractivity contribution is 5.94. The van der Waals surface area contributed by atoms with Crippen molar-refractivity contribution in [3.05, 3.63) is 49.1 Å². The summed E-state index contributed by atoms with van der Waals surface area (Å²) in [4.78, 5) is 12.6. The van der Waals surface area contributed by atoms with Crippen molar-refractivity contribution >= 4 is 10.9 Å². The Morgan fingerprint density at radius 1 is 1.14 bits per heavy atom. The third-order valence-electron chi connectivity index (χ3n) is 3.35.